The highest BCUT2D eigenvalue weighted by Gasteiger charge is 2.39. The van der Waals surface area contributed by atoms with Crippen LogP contribution in [-0.2, 0) is 10.0 Å². The number of halogens is 1. The quantitative estimate of drug-likeness (QED) is 0.848. The Bertz CT molecular complexity index is 617. The molecule has 0 spiro atoms. The van der Waals surface area contributed by atoms with Gasteiger partial charge in [-0.25, -0.2) is 12.8 Å². The summed E-state index contributed by atoms with van der Waals surface area (Å²) < 4.78 is 40.3. The molecule has 0 radical (unpaired) electrons. The Morgan fingerprint density at radius 2 is 2.14 bits per heavy atom. The lowest BCUT2D eigenvalue weighted by atomic mass is 9.79. The molecule has 6 heteroatoms. The lowest BCUT2D eigenvalue weighted by molar-refractivity contribution is 0.0669. The van der Waals surface area contributed by atoms with Gasteiger partial charge in [-0.15, -0.1) is 6.58 Å². The predicted molar refractivity (Wildman–Crippen MR) is 78.7 cm³/mol. The zero-order valence-corrected chi connectivity index (χ0v) is 12.7. The first-order valence-corrected chi connectivity index (χ1v) is 8.36. The third-order valence-electron chi connectivity index (χ3n) is 3.99. The number of aliphatic hydroxyl groups is 1. The molecule has 0 aliphatic carbocycles. The summed E-state index contributed by atoms with van der Waals surface area (Å²) >= 11 is 0. The maximum absolute atomic E-state index is 13.8. The molecule has 1 aromatic rings. The minimum Gasteiger partial charge on any atom is -0.396 e. The third-order valence-corrected chi connectivity index (χ3v) is 5.87. The minimum atomic E-state index is -3.88. The monoisotopic (exact) mass is 313 g/mol. The summed E-state index contributed by atoms with van der Waals surface area (Å²) in [5.74, 6) is -0.749. The van der Waals surface area contributed by atoms with Gasteiger partial charge in [-0.3, -0.25) is 0 Å². The maximum atomic E-state index is 13.8. The van der Waals surface area contributed by atoms with Gasteiger partial charge < -0.3 is 5.11 Å². The molecule has 1 aliphatic heterocycles. The Hall–Kier alpha value is -1.24. The van der Waals surface area contributed by atoms with E-state index in [0.717, 1.165) is 12.5 Å². The first-order valence-electron chi connectivity index (χ1n) is 6.92. The molecule has 0 saturated carbocycles. The Balaban J connectivity index is 2.33. The van der Waals surface area contributed by atoms with Crippen molar-refractivity contribution in [3.63, 3.8) is 0 Å². The van der Waals surface area contributed by atoms with Gasteiger partial charge in [0, 0.05) is 18.5 Å². The largest absolute Gasteiger partial charge is 0.396 e. The van der Waals surface area contributed by atoms with Crippen LogP contribution in [0.3, 0.4) is 0 Å². The number of hydrogen-bond donors (Lipinski definition) is 1. The van der Waals surface area contributed by atoms with Crippen molar-refractivity contribution in [2.24, 2.45) is 5.41 Å². The Kier molecular flexibility index (Phi) is 4.81. The van der Waals surface area contributed by atoms with Crippen molar-refractivity contribution in [2.45, 2.75) is 24.2 Å². The van der Waals surface area contributed by atoms with Gasteiger partial charge in [0.2, 0.25) is 10.0 Å². The van der Waals surface area contributed by atoms with Crippen LogP contribution in [0, 0.1) is 11.2 Å². The third kappa shape index (κ3) is 3.17. The SMILES string of the molecule is C=CC[C@@]1(CO)CCCN(S(=O)(=O)c2ccccc2F)C1. The smallest absolute Gasteiger partial charge is 0.246 e. The number of piperidine rings is 1. The molecule has 1 atom stereocenters. The standard InChI is InChI=1S/C15H20FNO3S/c1-2-8-15(12-18)9-5-10-17(11-15)21(19,20)14-7-4-3-6-13(14)16/h2-4,6-7,18H,1,5,8-12H2/t15-/m1/s1. The normalized spacial score (nSPS) is 23.9. The second kappa shape index (κ2) is 6.25. The van der Waals surface area contributed by atoms with E-state index in [9.17, 15) is 17.9 Å². The fourth-order valence-electron chi connectivity index (χ4n) is 2.83. The number of benzene rings is 1. The summed E-state index contributed by atoms with van der Waals surface area (Å²) in [5.41, 5.74) is -0.516. The second-order valence-corrected chi connectivity index (χ2v) is 7.43. The highest BCUT2D eigenvalue weighted by molar-refractivity contribution is 7.89. The van der Waals surface area contributed by atoms with E-state index in [0.29, 0.717) is 19.4 Å². The van der Waals surface area contributed by atoms with Crippen molar-refractivity contribution < 1.29 is 17.9 Å². The van der Waals surface area contributed by atoms with Crippen LogP contribution in [0.15, 0.2) is 41.8 Å². The van der Waals surface area contributed by atoms with Crippen molar-refractivity contribution >= 4 is 10.0 Å². The number of aliphatic hydroxyl groups excluding tert-OH is 1. The van der Waals surface area contributed by atoms with Gasteiger partial charge in [0.05, 0.1) is 6.61 Å². The van der Waals surface area contributed by atoms with Gasteiger partial charge in [0.25, 0.3) is 0 Å². The van der Waals surface area contributed by atoms with E-state index in [4.69, 9.17) is 0 Å². The van der Waals surface area contributed by atoms with Gasteiger partial charge in [0.1, 0.15) is 10.7 Å². The van der Waals surface area contributed by atoms with Crippen molar-refractivity contribution in [2.75, 3.05) is 19.7 Å². The highest BCUT2D eigenvalue weighted by Crippen LogP contribution is 2.36. The number of allylic oxidation sites excluding steroid dienone is 1. The molecule has 0 unspecified atom stereocenters. The Morgan fingerprint density at radius 1 is 1.43 bits per heavy atom. The number of rotatable bonds is 5. The fourth-order valence-corrected chi connectivity index (χ4v) is 4.48. The van der Waals surface area contributed by atoms with E-state index in [2.05, 4.69) is 6.58 Å². The molecule has 0 aromatic heterocycles. The molecule has 2 rings (SSSR count). The molecule has 1 aromatic carbocycles. The topological polar surface area (TPSA) is 57.6 Å². The Labute approximate surface area is 125 Å². The summed E-state index contributed by atoms with van der Waals surface area (Å²) in [5, 5.41) is 9.64. The lowest BCUT2D eigenvalue weighted by Crippen LogP contribution is -2.47. The van der Waals surface area contributed by atoms with Crippen LogP contribution < -0.4 is 0 Å². The molecule has 4 nitrogen and oxygen atoms in total. The van der Waals surface area contributed by atoms with Crippen LogP contribution in [-0.4, -0.2) is 37.5 Å². The summed E-state index contributed by atoms with van der Waals surface area (Å²) in [7, 11) is -3.88. The first-order chi connectivity index (χ1) is 9.95. The molecule has 0 bridgehead atoms. The molecule has 0 amide bonds. The number of hydrogen-bond acceptors (Lipinski definition) is 3. The van der Waals surface area contributed by atoms with E-state index in [1.165, 1.54) is 22.5 Å². The van der Waals surface area contributed by atoms with Crippen molar-refractivity contribution in [1.82, 2.24) is 4.31 Å². The highest BCUT2D eigenvalue weighted by atomic mass is 32.2. The van der Waals surface area contributed by atoms with Gasteiger partial charge in [-0.2, -0.15) is 4.31 Å². The van der Waals surface area contributed by atoms with Gasteiger partial charge in [-0.05, 0) is 31.4 Å². The van der Waals surface area contributed by atoms with E-state index in [1.54, 1.807) is 6.08 Å². The van der Waals surface area contributed by atoms with Crippen molar-refractivity contribution in [1.29, 1.82) is 0 Å². The van der Waals surface area contributed by atoms with Crippen LogP contribution in [0.2, 0.25) is 0 Å². The Morgan fingerprint density at radius 3 is 2.76 bits per heavy atom. The van der Waals surface area contributed by atoms with Crippen molar-refractivity contribution in [3.05, 3.63) is 42.7 Å². The molecule has 1 aliphatic rings. The molecular formula is C15H20FNO3S. The summed E-state index contributed by atoms with van der Waals surface area (Å²) in [6, 6.07) is 5.37. The van der Waals surface area contributed by atoms with E-state index >= 15 is 0 Å². The molecule has 1 N–H and O–H groups in total. The minimum absolute atomic E-state index is 0.109. The molecule has 21 heavy (non-hydrogen) atoms. The van der Waals surface area contributed by atoms with Crippen LogP contribution in [0.25, 0.3) is 0 Å². The zero-order chi connectivity index (χ0) is 15.5. The summed E-state index contributed by atoms with van der Waals surface area (Å²) in [4.78, 5) is -0.308. The first kappa shape index (κ1) is 16.1. The molecular weight excluding hydrogens is 293 g/mol. The number of nitrogens with zero attached hydrogens (tertiary/aromatic N) is 1. The average molecular weight is 313 g/mol. The van der Waals surface area contributed by atoms with Gasteiger partial charge >= 0.3 is 0 Å². The van der Waals surface area contributed by atoms with Crippen molar-refractivity contribution in [3.8, 4) is 0 Å². The van der Waals surface area contributed by atoms with Crippen LogP contribution in [0.4, 0.5) is 4.39 Å². The van der Waals surface area contributed by atoms with E-state index in [1.807, 2.05) is 0 Å². The molecule has 1 heterocycles. The zero-order valence-electron chi connectivity index (χ0n) is 11.8. The predicted octanol–water partition coefficient (Wildman–Crippen LogP) is 2.17. The summed E-state index contributed by atoms with van der Waals surface area (Å²) in [6.45, 7) is 4.09. The van der Waals surface area contributed by atoms with Gasteiger partial charge in [0.15, 0.2) is 0 Å². The van der Waals surface area contributed by atoms with E-state index in [-0.39, 0.29) is 18.0 Å². The lowest BCUT2D eigenvalue weighted by Gasteiger charge is -2.40. The fraction of sp³-hybridized carbons (Fsp3) is 0.467. The van der Waals surface area contributed by atoms with Crippen LogP contribution in [0.1, 0.15) is 19.3 Å². The number of sulfonamides is 1. The second-order valence-electron chi connectivity index (χ2n) is 5.52. The molecule has 116 valence electrons. The molecule has 1 saturated heterocycles. The van der Waals surface area contributed by atoms with Crippen LogP contribution in [0.5, 0.6) is 0 Å². The maximum Gasteiger partial charge on any atom is 0.246 e. The van der Waals surface area contributed by atoms with E-state index < -0.39 is 21.3 Å². The van der Waals surface area contributed by atoms with Crippen LogP contribution >= 0.6 is 0 Å². The van der Waals surface area contributed by atoms with Gasteiger partial charge in [-0.1, -0.05) is 18.2 Å². The summed E-state index contributed by atoms with van der Waals surface area (Å²) in [6.07, 6.45) is 3.60. The average Bonchev–Trinajstić information content (AvgIpc) is 2.48. The molecule has 1 fully saturated rings.